The smallest absolute Gasteiger partial charge is 0.00956 e. The fraction of sp³-hybridized carbons (Fsp3) is 0.684. The van der Waals surface area contributed by atoms with Crippen LogP contribution in [0.4, 0.5) is 0 Å². The van der Waals surface area contributed by atoms with E-state index < -0.39 is 0 Å². The maximum absolute atomic E-state index is 3.34. The molecule has 2 aliphatic rings. The predicted octanol–water partition coefficient (Wildman–Crippen LogP) is 3.64. The third-order valence-electron chi connectivity index (χ3n) is 5.63. The minimum absolute atomic E-state index is 0.810. The number of hydrogen-bond acceptors (Lipinski definition) is 2. The lowest BCUT2D eigenvalue weighted by Gasteiger charge is -2.41. The Hall–Kier alpha value is -0.860. The lowest BCUT2D eigenvalue weighted by atomic mass is 9.80. The minimum atomic E-state index is 0.810. The number of rotatable bonds is 4. The Balaban J connectivity index is 1.46. The summed E-state index contributed by atoms with van der Waals surface area (Å²) in [6, 6.07) is 12.0. The number of nitrogens with one attached hydrogen (secondary N) is 1. The number of benzene rings is 1. The van der Waals surface area contributed by atoms with E-state index in [1.54, 1.807) is 5.56 Å². The molecule has 1 saturated carbocycles. The highest BCUT2D eigenvalue weighted by Crippen LogP contribution is 2.35. The molecule has 0 amide bonds. The molecule has 1 aromatic rings. The largest absolute Gasteiger partial charge is 0.319 e. The van der Waals surface area contributed by atoms with Gasteiger partial charge in [-0.05, 0) is 82.6 Å². The van der Waals surface area contributed by atoms with Crippen molar-refractivity contribution in [3.05, 3.63) is 35.9 Å². The SMILES string of the molecule is CNCC1CCN(C2CCC(c3ccccc3)CC2)CC1. The number of likely N-dealkylation sites (tertiary alicyclic amines) is 1. The van der Waals surface area contributed by atoms with Crippen LogP contribution in [0.3, 0.4) is 0 Å². The number of hydrogen-bond donors (Lipinski definition) is 1. The third kappa shape index (κ3) is 3.87. The molecule has 116 valence electrons. The summed E-state index contributed by atoms with van der Waals surface area (Å²) in [6.07, 6.45) is 8.33. The van der Waals surface area contributed by atoms with Crippen LogP contribution in [0.25, 0.3) is 0 Å². The van der Waals surface area contributed by atoms with Gasteiger partial charge in [0.05, 0.1) is 0 Å². The second kappa shape index (κ2) is 7.42. The fourth-order valence-electron chi connectivity index (χ4n) is 4.31. The van der Waals surface area contributed by atoms with Gasteiger partial charge < -0.3 is 10.2 Å². The van der Waals surface area contributed by atoms with E-state index in [0.29, 0.717) is 0 Å². The first-order valence-corrected chi connectivity index (χ1v) is 8.80. The molecule has 0 spiro atoms. The molecular weight excluding hydrogens is 256 g/mol. The van der Waals surface area contributed by atoms with Crippen LogP contribution in [0.1, 0.15) is 50.0 Å². The lowest BCUT2D eigenvalue weighted by Crippen LogP contribution is -2.44. The summed E-state index contributed by atoms with van der Waals surface area (Å²) in [5, 5.41) is 3.34. The van der Waals surface area contributed by atoms with Crippen LogP contribution in [0.2, 0.25) is 0 Å². The summed E-state index contributed by atoms with van der Waals surface area (Å²) >= 11 is 0. The molecule has 1 N–H and O–H groups in total. The molecule has 21 heavy (non-hydrogen) atoms. The zero-order valence-electron chi connectivity index (χ0n) is 13.4. The average molecular weight is 286 g/mol. The quantitative estimate of drug-likeness (QED) is 0.909. The van der Waals surface area contributed by atoms with Crippen LogP contribution in [-0.2, 0) is 0 Å². The van der Waals surface area contributed by atoms with Gasteiger partial charge in [-0.15, -0.1) is 0 Å². The Morgan fingerprint density at radius 1 is 0.952 bits per heavy atom. The van der Waals surface area contributed by atoms with Crippen LogP contribution in [-0.4, -0.2) is 37.6 Å². The van der Waals surface area contributed by atoms with Crippen molar-refractivity contribution in [2.45, 2.75) is 50.5 Å². The zero-order valence-corrected chi connectivity index (χ0v) is 13.4. The first-order valence-electron chi connectivity index (χ1n) is 8.80. The van der Waals surface area contributed by atoms with Crippen LogP contribution < -0.4 is 5.32 Å². The van der Waals surface area contributed by atoms with Crippen molar-refractivity contribution >= 4 is 0 Å². The molecule has 1 heterocycles. The van der Waals surface area contributed by atoms with Crippen molar-refractivity contribution in [3.63, 3.8) is 0 Å². The molecule has 1 aromatic carbocycles. The van der Waals surface area contributed by atoms with Crippen molar-refractivity contribution < 1.29 is 0 Å². The minimum Gasteiger partial charge on any atom is -0.319 e. The molecule has 0 aromatic heterocycles. The van der Waals surface area contributed by atoms with Crippen molar-refractivity contribution in [1.29, 1.82) is 0 Å². The second-order valence-corrected chi connectivity index (χ2v) is 6.95. The van der Waals surface area contributed by atoms with Gasteiger partial charge in [0.2, 0.25) is 0 Å². The van der Waals surface area contributed by atoms with E-state index in [9.17, 15) is 0 Å². The molecule has 1 aliphatic carbocycles. The summed E-state index contributed by atoms with van der Waals surface area (Å²) in [6.45, 7) is 3.86. The van der Waals surface area contributed by atoms with Crippen molar-refractivity contribution in [1.82, 2.24) is 10.2 Å². The molecule has 0 atom stereocenters. The molecule has 3 rings (SSSR count). The summed E-state index contributed by atoms with van der Waals surface area (Å²) in [5.74, 6) is 1.72. The highest BCUT2D eigenvalue weighted by atomic mass is 15.2. The van der Waals surface area contributed by atoms with E-state index in [1.807, 2.05) is 0 Å². The molecule has 2 heteroatoms. The molecular formula is C19H30N2. The van der Waals surface area contributed by atoms with Crippen molar-refractivity contribution in [2.75, 3.05) is 26.7 Å². The highest BCUT2D eigenvalue weighted by Gasteiger charge is 2.29. The summed E-state index contributed by atoms with van der Waals surface area (Å²) in [7, 11) is 2.08. The number of nitrogens with zero attached hydrogens (tertiary/aromatic N) is 1. The fourth-order valence-corrected chi connectivity index (χ4v) is 4.31. The first kappa shape index (κ1) is 15.1. The summed E-state index contributed by atoms with van der Waals surface area (Å²) < 4.78 is 0. The molecule has 1 saturated heterocycles. The van der Waals surface area contributed by atoms with E-state index >= 15 is 0 Å². The summed E-state index contributed by atoms with van der Waals surface area (Å²) in [4.78, 5) is 2.79. The van der Waals surface area contributed by atoms with E-state index in [4.69, 9.17) is 0 Å². The molecule has 0 unspecified atom stereocenters. The van der Waals surface area contributed by atoms with Gasteiger partial charge >= 0.3 is 0 Å². The van der Waals surface area contributed by atoms with Gasteiger partial charge in [-0.25, -0.2) is 0 Å². The average Bonchev–Trinajstić information content (AvgIpc) is 2.57. The molecule has 2 fully saturated rings. The van der Waals surface area contributed by atoms with Crippen molar-refractivity contribution in [3.8, 4) is 0 Å². The van der Waals surface area contributed by atoms with Gasteiger partial charge in [0, 0.05) is 6.04 Å². The Labute approximate surface area is 129 Å². The van der Waals surface area contributed by atoms with Crippen LogP contribution in [0, 0.1) is 5.92 Å². The molecule has 2 nitrogen and oxygen atoms in total. The normalized spacial score (nSPS) is 28.6. The van der Waals surface area contributed by atoms with Gasteiger partial charge in [0.15, 0.2) is 0 Å². The Kier molecular flexibility index (Phi) is 5.32. The van der Waals surface area contributed by atoms with Gasteiger partial charge in [0.1, 0.15) is 0 Å². The van der Waals surface area contributed by atoms with Gasteiger partial charge in [-0.3, -0.25) is 0 Å². The topological polar surface area (TPSA) is 15.3 Å². The van der Waals surface area contributed by atoms with Crippen LogP contribution >= 0.6 is 0 Å². The Morgan fingerprint density at radius 2 is 1.62 bits per heavy atom. The number of piperidine rings is 1. The third-order valence-corrected chi connectivity index (χ3v) is 5.63. The maximum Gasteiger partial charge on any atom is 0.00956 e. The molecule has 1 aliphatic heterocycles. The lowest BCUT2D eigenvalue weighted by molar-refractivity contribution is 0.103. The predicted molar refractivity (Wildman–Crippen MR) is 89.7 cm³/mol. The van der Waals surface area contributed by atoms with E-state index in [0.717, 1.165) is 17.9 Å². The van der Waals surface area contributed by atoms with Crippen LogP contribution in [0.15, 0.2) is 30.3 Å². The van der Waals surface area contributed by atoms with Gasteiger partial charge in [-0.1, -0.05) is 30.3 Å². The molecule has 0 radical (unpaired) electrons. The molecule has 0 bridgehead atoms. The first-order chi connectivity index (χ1) is 10.4. The van der Waals surface area contributed by atoms with Crippen molar-refractivity contribution in [2.24, 2.45) is 5.92 Å². The standard InChI is InChI=1S/C19H30N2/c1-20-15-16-11-13-21(14-12-16)19-9-7-18(8-10-19)17-5-3-2-4-6-17/h2-6,16,18-20H,7-15H2,1H3. The second-order valence-electron chi connectivity index (χ2n) is 6.95. The van der Waals surface area contributed by atoms with E-state index in [1.165, 1.54) is 58.2 Å². The maximum atomic E-state index is 3.34. The monoisotopic (exact) mass is 286 g/mol. The Bertz CT molecular complexity index is 401. The van der Waals surface area contributed by atoms with E-state index in [2.05, 4.69) is 47.6 Å². The van der Waals surface area contributed by atoms with E-state index in [-0.39, 0.29) is 0 Å². The zero-order chi connectivity index (χ0) is 14.5. The van der Waals surface area contributed by atoms with Crippen LogP contribution in [0.5, 0.6) is 0 Å². The highest BCUT2D eigenvalue weighted by molar-refractivity contribution is 5.20. The Morgan fingerprint density at radius 3 is 2.24 bits per heavy atom. The summed E-state index contributed by atoms with van der Waals surface area (Å²) in [5.41, 5.74) is 1.56. The van der Waals surface area contributed by atoms with Gasteiger partial charge in [-0.2, -0.15) is 0 Å². The van der Waals surface area contributed by atoms with Gasteiger partial charge in [0.25, 0.3) is 0 Å².